The summed E-state index contributed by atoms with van der Waals surface area (Å²) in [7, 11) is 2.04. The van der Waals surface area contributed by atoms with Gasteiger partial charge in [-0.3, -0.25) is 4.79 Å². The molecule has 0 aromatic heterocycles. The second-order valence-corrected chi connectivity index (χ2v) is 8.13. The van der Waals surface area contributed by atoms with Crippen molar-refractivity contribution in [1.29, 1.82) is 0 Å². The Morgan fingerprint density at radius 2 is 2.00 bits per heavy atom. The number of amides is 1. The van der Waals surface area contributed by atoms with Crippen molar-refractivity contribution in [3.05, 3.63) is 64.1 Å². The zero-order valence-electron chi connectivity index (χ0n) is 14.8. The molecule has 136 valence electrons. The van der Waals surface area contributed by atoms with Gasteiger partial charge in [-0.1, -0.05) is 46.3 Å². The third-order valence-electron chi connectivity index (χ3n) is 5.83. The Hall–Kier alpha value is -1.85. The van der Waals surface area contributed by atoms with Crippen LogP contribution in [0.3, 0.4) is 0 Å². The van der Waals surface area contributed by atoms with E-state index in [0.717, 1.165) is 28.7 Å². The molecule has 0 saturated carbocycles. The number of fused-ring (bicyclic) bond motifs is 3. The van der Waals surface area contributed by atoms with Gasteiger partial charge in [-0.15, -0.1) is 0 Å². The van der Waals surface area contributed by atoms with Gasteiger partial charge in [0.1, 0.15) is 0 Å². The summed E-state index contributed by atoms with van der Waals surface area (Å²) in [6, 6.07) is 16.2. The number of likely N-dealkylation sites (N-methyl/N-ethyl adjacent to an activating group) is 1. The molecule has 26 heavy (non-hydrogen) atoms. The molecule has 0 spiro atoms. The molecule has 1 amide bonds. The van der Waals surface area contributed by atoms with E-state index in [4.69, 9.17) is 0 Å². The molecule has 3 atom stereocenters. The monoisotopic (exact) mass is 414 g/mol. The number of hydrogen-bond acceptors (Lipinski definition) is 3. The largest absolute Gasteiger partial charge is 0.394 e. The number of halogens is 1. The molecule has 0 unspecified atom stereocenters. The van der Waals surface area contributed by atoms with Gasteiger partial charge in [0.05, 0.1) is 25.1 Å². The van der Waals surface area contributed by atoms with Crippen LogP contribution in [-0.2, 0) is 11.2 Å². The molecule has 2 aromatic carbocycles. The van der Waals surface area contributed by atoms with Crippen molar-refractivity contribution in [3.63, 3.8) is 0 Å². The Balaban J connectivity index is 1.69. The Kier molecular flexibility index (Phi) is 4.76. The summed E-state index contributed by atoms with van der Waals surface area (Å²) in [5, 5.41) is 9.99. The van der Waals surface area contributed by atoms with E-state index in [0.29, 0.717) is 6.42 Å². The highest BCUT2D eigenvalue weighted by atomic mass is 79.9. The number of carbonyl (C=O) groups is 1. The van der Waals surface area contributed by atoms with E-state index in [-0.39, 0.29) is 30.5 Å². The molecule has 4 nitrogen and oxygen atoms in total. The summed E-state index contributed by atoms with van der Waals surface area (Å²) in [5.41, 5.74) is 3.32. The molecule has 1 N–H and O–H groups in total. The maximum Gasteiger partial charge on any atom is 0.227 e. The van der Waals surface area contributed by atoms with Gasteiger partial charge in [0.25, 0.3) is 0 Å². The number of aliphatic hydroxyl groups is 1. The number of nitrogens with zero attached hydrogens (tertiary/aromatic N) is 2. The van der Waals surface area contributed by atoms with Crippen molar-refractivity contribution >= 4 is 27.5 Å². The molecule has 2 aromatic rings. The van der Waals surface area contributed by atoms with Crippen LogP contribution in [0.2, 0.25) is 0 Å². The molecule has 1 fully saturated rings. The lowest BCUT2D eigenvalue weighted by molar-refractivity contribution is -0.132. The number of carbonyl (C=O) groups excluding carboxylic acids is 1. The number of anilines is 1. The highest BCUT2D eigenvalue weighted by molar-refractivity contribution is 9.10. The van der Waals surface area contributed by atoms with Gasteiger partial charge >= 0.3 is 0 Å². The minimum atomic E-state index is 0.0343. The maximum atomic E-state index is 13.1. The third kappa shape index (κ3) is 2.93. The average molecular weight is 415 g/mol. The van der Waals surface area contributed by atoms with Crippen molar-refractivity contribution in [2.45, 2.75) is 24.9 Å². The number of hydrogen-bond donors (Lipinski definition) is 1. The molecular formula is C21H23BrN2O2. The molecule has 0 aliphatic carbocycles. The second kappa shape index (κ2) is 7.05. The van der Waals surface area contributed by atoms with Crippen LogP contribution in [0.15, 0.2) is 53.0 Å². The van der Waals surface area contributed by atoms with Crippen molar-refractivity contribution in [1.82, 2.24) is 4.90 Å². The van der Waals surface area contributed by atoms with Crippen LogP contribution in [0.4, 0.5) is 5.69 Å². The number of benzene rings is 2. The number of rotatable bonds is 3. The van der Waals surface area contributed by atoms with Crippen molar-refractivity contribution < 1.29 is 9.90 Å². The SMILES string of the molecule is CN1c2ccc(Br)cc2[C@@H]2[C@@H](CCN2C(=O)Cc2ccccc2)[C@@H]1CO. The van der Waals surface area contributed by atoms with E-state index < -0.39 is 0 Å². The second-order valence-electron chi connectivity index (χ2n) is 7.21. The zero-order valence-corrected chi connectivity index (χ0v) is 16.4. The fourth-order valence-electron chi connectivity index (χ4n) is 4.58. The van der Waals surface area contributed by atoms with E-state index in [1.165, 1.54) is 5.56 Å². The molecule has 4 rings (SSSR count). The highest BCUT2D eigenvalue weighted by Crippen LogP contribution is 2.49. The third-order valence-corrected chi connectivity index (χ3v) is 6.32. The van der Waals surface area contributed by atoms with E-state index >= 15 is 0 Å². The predicted molar refractivity (Wildman–Crippen MR) is 106 cm³/mol. The Morgan fingerprint density at radius 3 is 2.73 bits per heavy atom. The van der Waals surface area contributed by atoms with E-state index in [9.17, 15) is 9.90 Å². The van der Waals surface area contributed by atoms with Crippen LogP contribution in [0, 0.1) is 5.92 Å². The summed E-state index contributed by atoms with van der Waals surface area (Å²) < 4.78 is 1.02. The molecule has 0 radical (unpaired) electrons. The van der Waals surface area contributed by atoms with E-state index in [1.807, 2.05) is 48.3 Å². The van der Waals surface area contributed by atoms with Crippen LogP contribution < -0.4 is 4.90 Å². The van der Waals surface area contributed by atoms with Gasteiger partial charge in [-0.05, 0) is 35.7 Å². The zero-order chi connectivity index (χ0) is 18.3. The Labute approximate surface area is 162 Å². The fourth-order valence-corrected chi connectivity index (χ4v) is 4.96. The molecule has 0 bridgehead atoms. The van der Waals surface area contributed by atoms with Crippen LogP contribution in [0.5, 0.6) is 0 Å². The summed E-state index contributed by atoms with van der Waals surface area (Å²) in [6.45, 7) is 0.852. The van der Waals surface area contributed by atoms with Gasteiger partial charge in [0.15, 0.2) is 0 Å². The quantitative estimate of drug-likeness (QED) is 0.836. The topological polar surface area (TPSA) is 43.8 Å². The first kappa shape index (κ1) is 17.6. The first-order chi connectivity index (χ1) is 12.6. The summed E-state index contributed by atoms with van der Waals surface area (Å²) in [5.74, 6) is 0.419. The van der Waals surface area contributed by atoms with E-state index in [2.05, 4.69) is 33.0 Å². The molecule has 5 heteroatoms. The Bertz CT molecular complexity index is 811. The van der Waals surface area contributed by atoms with Crippen LogP contribution in [0.1, 0.15) is 23.6 Å². The first-order valence-electron chi connectivity index (χ1n) is 9.06. The molecular weight excluding hydrogens is 392 g/mol. The number of aliphatic hydroxyl groups excluding tert-OH is 1. The minimum Gasteiger partial charge on any atom is -0.394 e. The molecule has 2 heterocycles. The average Bonchev–Trinajstić information content (AvgIpc) is 3.08. The fraction of sp³-hybridized carbons (Fsp3) is 0.381. The standard InChI is InChI=1S/C21H23BrN2O2/c1-23-18-8-7-15(22)12-17(18)21-16(19(23)13-25)9-10-24(21)20(26)11-14-5-3-2-4-6-14/h2-8,12,16,19,21,25H,9-11,13H2,1H3/t16-,19-,21-/m0/s1. The van der Waals surface area contributed by atoms with Crippen molar-refractivity contribution in [2.75, 3.05) is 25.1 Å². The lowest BCUT2D eigenvalue weighted by Gasteiger charge is -2.44. The van der Waals surface area contributed by atoms with Crippen LogP contribution in [-0.4, -0.2) is 42.2 Å². The summed E-state index contributed by atoms with van der Waals surface area (Å²) in [4.78, 5) is 17.3. The summed E-state index contributed by atoms with van der Waals surface area (Å²) in [6.07, 6.45) is 1.35. The first-order valence-corrected chi connectivity index (χ1v) is 9.86. The lowest BCUT2D eigenvalue weighted by Crippen LogP contribution is -2.48. The van der Waals surface area contributed by atoms with Gasteiger partial charge < -0.3 is 14.9 Å². The molecule has 2 aliphatic rings. The van der Waals surface area contributed by atoms with Gasteiger partial charge in [0, 0.05) is 29.7 Å². The normalized spacial score (nSPS) is 24.3. The molecule has 2 aliphatic heterocycles. The molecule has 1 saturated heterocycles. The highest BCUT2D eigenvalue weighted by Gasteiger charge is 2.47. The van der Waals surface area contributed by atoms with Crippen molar-refractivity contribution in [2.24, 2.45) is 5.92 Å². The maximum absolute atomic E-state index is 13.1. The number of likely N-dealkylation sites (tertiary alicyclic amines) is 1. The summed E-state index contributed by atoms with van der Waals surface area (Å²) >= 11 is 3.58. The van der Waals surface area contributed by atoms with Crippen LogP contribution >= 0.6 is 15.9 Å². The van der Waals surface area contributed by atoms with Gasteiger partial charge in [0.2, 0.25) is 5.91 Å². The van der Waals surface area contributed by atoms with Crippen LogP contribution in [0.25, 0.3) is 0 Å². The Morgan fingerprint density at radius 1 is 1.23 bits per heavy atom. The lowest BCUT2D eigenvalue weighted by atomic mass is 9.82. The van der Waals surface area contributed by atoms with Gasteiger partial charge in [-0.25, -0.2) is 0 Å². The smallest absolute Gasteiger partial charge is 0.227 e. The van der Waals surface area contributed by atoms with Crippen molar-refractivity contribution in [3.8, 4) is 0 Å². The predicted octanol–water partition coefficient (Wildman–Crippen LogP) is 3.39. The van der Waals surface area contributed by atoms with Gasteiger partial charge in [-0.2, -0.15) is 0 Å². The minimum absolute atomic E-state index is 0.0343. The van der Waals surface area contributed by atoms with E-state index in [1.54, 1.807) is 0 Å².